The van der Waals surface area contributed by atoms with E-state index in [9.17, 15) is 17.6 Å². The molecule has 2 aliphatic rings. The summed E-state index contributed by atoms with van der Waals surface area (Å²) in [6.07, 6.45) is 4.59. The Labute approximate surface area is 174 Å². The summed E-state index contributed by atoms with van der Waals surface area (Å²) in [5.74, 6) is -0.263. The van der Waals surface area contributed by atoms with Crippen molar-refractivity contribution in [3.63, 3.8) is 0 Å². The molecule has 2 aromatic carbocycles. The van der Waals surface area contributed by atoms with E-state index in [4.69, 9.17) is 0 Å². The SMILES string of the molecule is CCC1CCC(c2ccc(C3=Cc4cc(F)c(OC(F)(F)F)cc4CC3)cc2)CC1. The lowest BCUT2D eigenvalue weighted by Gasteiger charge is -2.28. The Balaban J connectivity index is 1.51. The van der Waals surface area contributed by atoms with Crippen LogP contribution in [-0.2, 0) is 6.42 Å². The van der Waals surface area contributed by atoms with Gasteiger partial charge in [0.1, 0.15) is 0 Å². The molecule has 0 bridgehead atoms. The minimum absolute atomic E-state index is 0.554. The number of allylic oxidation sites excluding steroid dienone is 1. The highest BCUT2D eigenvalue weighted by Gasteiger charge is 2.33. The van der Waals surface area contributed by atoms with E-state index in [-0.39, 0.29) is 0 Å². The molecular formula is C25H26F4O. The fraction of sp³-hybridized carbons (Fsp3) is 0.440. The minimum Gasteiger partial charge on any atom is -0.403 e. The minimum atomic E-state index is -4.90. The smallest absolute Gasteiger partial charge is 0.403 e. The lowest BCUT2D eigenvalue weighted by atomic mass is 9.77. The molecule has 0 unspecified atom stereocenters. The molecule has 2 aromatic rings. The lowest BCUT2D eigenvalue weighted by molar-refractivity contribution is -0.275. The van der Waals surface area contributed by atoms with Gasteiger partial charge in [0.15, 0.2) is 11.6 Å². The Morgan fingerprint density at radius 3 is 2.30 bits per heavy atom. The van der Waals surface area contributed by atoms with Gasteiger partial charge in [0.25, 0.3) is 0 Å². The normalized spacial score (nSPS) is 21.7. The first-order chi connectivity index (χ1) is 14.3. The standard InChI is InChI=1S/C25H26F4O/c1-2-16-3-5-17(6-4-16)18-7-9-19(10-8-18)20-11-12-21-15-24(30-25(27,28)29)23(26)14-22(21)13-20/h7-10,13-17H,2-6,11-12H2,1H3. The Kier molecular flexibility index (Phi) is 5.90. The first-order valence-corrected chi connectivity index (χ1v) is 10.7. The average molecular weight is 418 g/mol. The van der Waals surface area contributed by atoms with Gasteiger partial charge in [-0.1, -0.05) is 43.7 Å². The van der Waals surface area contributed by atoms with Gasteiger partial charge in [-0.25, -0.2) is 4.39 Å². The third kappa shape index (κ3) is 4.71. The molecule has 0 aliphatic heterocycles. The summed E-state index contributed by atoms with van der Waals surface area (Å²) in [5.41, 5.74) is 4.83. The number of hydrogen-bond acceptors (Lipinski definition) is 1. The molecule has 160 valence electrons. The second-order valence-corrected chi connectivity index (χ2v) is 8.45. The monoisotopic (exact) mass is 418 g/mol. The fourth-order valence-corrected chi connectivity index (χ4v) is 4.79. The first kappa shape index (κ1) is 21.0. The van der Waals surface area contributed by atoms with E-state index < -0.39 is 17.9 Å². The van der Waals surface area contributed by atoms with Gasteiger partial charge in [-0.3, -0.25) is 0 Å². The summed E-state index contributed by atoms with van der Waals surface area (Å²) in [4.78, 5) is 0. The van der Waals surface area contributed by atoms with Crippen LogP contribution in [0.4, 0.5) is 17.6 Å². The second-order valence-electron chi connectivity index (χ2n) is 8.45. The van der Waals surface area contributed by atoms with Crippen LogP contribution in [0, 0.1) is 11.7 Å². The number of alkyl halides is 3. The molecule has 0 radical (unpaired) electrons. The number of fused-ring (bicyclic) bond motifs is 1. The van der Waals surface area contributed by atoms with Crippen LogP contribution in [0.5, 0.6) is 5.75 Å². The van der Waals surface area contributed by atoms with Crippen molar-refractivity contribution in [1.82, 2.24) is 0 Å². The molecule has 0 spiro atoms. The molecule has 0 heterocycles. The number of rotatable bonds is 4. The number of benzene rings is 2. The van der Waals surface area contributed by atoms with Crippen LogP contribution in [0.25, 0.3) is 11.6 Å². The van der Waals surface area contributed by atoms with Gasteiger partial charge in [-0.05, 0) is 90.3 Å². The van der Waals surface area contributed by atoms with Crippen molar-refractivity contribution in [2.24, 2.45) is 5.92 Å². The molecule has 4 rings (SSSR count). The van der Waals surface area contributed by atoms with Crippen LogP contribution in [0.3, 0.4) is 0 Å². The maximum atomic E-state index is 14.1. The summed E-state index contributed by atoms with van der Waals surface area (Å²) >= 11 is 0. The molecule has 1 fully saturated rings. The van der Waals surface area contributed by atoms with Crippen molar-refractivity contribution in [2.45, 2.75) is 64.1 Å². The van der Waals surface area contributed by atoms with Crippen molar-refractivity contribution in [3.8, 4) is 5.75 Å². The van der Waals surface area contributed by atoms with E-state index in [0.717, 1.165) is 23.1 Å². The zero-order chi connectivity index (χ0) is 21.3. The highest BCUT2D eigenvalue weighted by Crippen LogP contribution is 2.39. The van der Waals surface area contributed by atoms with Crippen molar-refractivity contribution in [2.75, 3.05) is 0 Å². The van der Waals surface area contributed by atoms with Gasteiger partial charge >= 0.3 is 6.36 Å². The molecule has 5 heteroatoms. The number of aryl methyl sites for hydroxylation is 1. The highest BCUT2D eigenvalue weighted by molar-refractivity contribution is 5.84. The van der Waals surface area contributed by atoms with E-state index in [2.05, 4.69) is 35.9 Å². The van der Waals surface area contributed by atoms with Gasteiger partial charge in [-0.2, -0.15) is 0 Å². The van der Waals surface area contributed by atoms with Gasteiger partial charge in [0.2, 0.25) is 0 Å². The molecule has 2 aliphatic carbocycles. The molecule has 1 nitrogen and oxygen atoms in total. The van der Waals surface area contributed by atoms with Crippen LogP contribution in [-0.4, -0.2) is 6.36 Å². The summed E-state index contributed by atoms with van der Waals surface area (Å²) in [6.45, 7) is 2.27. The van der Waals surface area contributed by atoms with Crippen molar-refractivity contribution < 1.29 is 22.3 Å². The molecule has 0 aromatic heterocycles. The molecule has 30 heavy (non-hydrogen) atoms. The van der Waals surface area contributed by atoms with Crippen LogP contribution < -0.4 is 4.74 Å². The second kappa shape index (κ2) is 8.44. The number of ether oxygens (including phenoxy) is 1. The Morgan fingerprint density at radius 1 is 0.967 bits per heavy atom. The third-order valence-corrected chi connectivity index (χ3v) is 6.59. The van der Waals surface area contributed by atoms with Crippen LogP contribution in [0.15, 0.2) is 36.4 Å². The predicted octanol–water partition coefficient (Wildman–Crippen LogP) is 7.89. The zero-order valence-electron chi connectivity index (χ0n) is 17.1. The molecular weight excluding hydrogens is 392 g/mol. The summed E-state index contributed by atoms with van der Waals surface area (Å²) in [5, 5.41) is 0. The number of hydrogen-bond donors (Lipinski definition) is 0. The molecule has 1 saturated carbocycles. The molecule has 0 saturated heterocycles. The maximum absolute atomic E-state index is 14.1. The van der Waals surface area contributed by atoms with Crippen molar-refractivity contribution in [1.29, 1.82) is 0 Å². The quantitative estimate of drug-likeness (QED) is 0.459. The van der Waals surface area contributed by atoms with E-state index in [0.29, 0.717) is 29.9 Å². The van der Waals surface area contributed by atoms with Crippen molar-refractivity contribution >= 4 is 11.6 Å². The predicted molar refractivity (Wildman–Crippen MR) is 111 cm³/mol. The molecule has 0 amide bonds. The Hall–Kier alpha value is -2.30. The van der Waals surface area contributed by atoms with Gasteiger partial charge < -0.3 is 4.74 Å². The van der Waals surface area contributed by atoms with E-state index >= 15 is 0 Å². The zero-order valence-corrected chi connectivity index (χ0v) is 17.1. The van der Waals surface area contributed by atoms with Crippen LogP contribution in [0.1, 0.15) is 73.6 Å². The van der Waals surface area contributed by atoms with Crippen LogP contribution >= 0.6 is 0 Å². The van der Waals surface area contributed by atoms with E-state index in [1.54, 1.807) is 0 Å². The Morgan fingerprint density at radius 2 is 1.67 bits per heavy atom. The number of halogens is 4. The summed E-state index contributed by atoms with van der Waals surface area (Å²) < 4.78 is 55.2. The fourth-order valence-electron chi connectivity index (χ4n) is 4.79. The Bertz CT molecular complexity index is 919. The van der Waals surface area contributed by atoms with Gasteiger partial charge in [0.05, 0.1) is 0 Å². The van der Waals surface area contributed by atoms with E-state index in [1.165, 1.54) is 43.7 Å². The largest absolute Gasteiger partial charge is 0.573 e. The summed E-state index contributed by atoms with van der Waals surface area (Å²) in [6, 6.07) is 10.9. The summed E-state index contributed by atoms with van der Waals surface area (Å²) in [7, 11) is 0. The third-order valence-electron chi connectivity index (χ3n) is 6.59. The first-order valence-electron chi connectivity index (χ1n) is 10.7. The lowest BCUT2D eigenvalue weighted by Crippen LogP contribution is -2.18. The van der Waals surface area contributed by atoms with E-state index in [1.807, 2.05) is 6.08 Å². The molecule has 0 atom stereocenters. The van der Waals surface area contributed by atoms with Crippen molar-refractivity contribution in [3.05, 3.63) is 64.5 Å². The van der Waals surface area contributed by atoms with Crippen LogP contribution in [0.2, 0.25) is 0 Å². The topological polar surface area (TPSA) is 9.23 Å². The molecule has 0 N–H and O–H groups in total. The highest BCUT2D eigenvalue weighted by atomic mass is 19.4. The average Bonchev–Trinajstić information content (AvgIpc) is 2.73. The van der Waals surface area contributed by atoms with Gasteiger partial charge in [-0.15, -0.1) is 13.2 Å². The van der Waals surface area contributed by atoms with Gasteiger partial charge in [0, 0.05) is 0 Å². The maximum Gasteiger partial charge on any atom is 0.573 e.